The Labute approximate surface area is 168 Å². The number of hydrogen-bond acceptors (Lipinski definition) is 8. The van der Waals surface area contributed by atoms with E-state index in [1.165, 1.54) is 6.92 Å². The Morgan fingerprint density at radius 3 is 1.26 bits per heavy atom. The number of thioether (sulfide) groups is 1. The summed E-state index contributed by atoms with van der Waals surface area (Å²) in [7, 11) is -7.75. The van der Waals surface area contributed by atoms with Crippen LogP contribution in [0.2, 0.25) is 0 Å². The molecule has 10 heteroatoms. The molecule has 0 aliphatic rings. The first-order valence-electron chi connectivity index (χ1n) is 9.28. The zero-order valence-corrected chi connectivity index (χ0v) is 20.6. The highest BCUT2D eigenvalue weighted by atomic mass is 32.2. The van der Waals surface area contributed by atoms with Crippen molar-refractivity contribution in [3.05, 3.63) is 0 Å². The summed E-state index contributed by atoms with van der Waals surface area (Å²) in [6, 6.07) is 0. The van der Waals surface area contributed by atoms with E-state index in [-0.39, 0.29) is 11.5 Å². The summed E-state index contributed by atoms with van der Waals surface area (Å²) in [6.07, 6.45) is -1.51. The molecule has 0 atom stereocenters. The van der Waals surface area contributed by atoms with Crippen LogP contribution in [0.15, 0.2) is 0 Å². The smallest absolute Gasteiger partial charge is 0.305 e. The molecule has 0 unspecified atom stereocenters. The largest absolute Gasteiger partial charge is 0.346 e. The van der Waals surface area contributed by atoms with Crippen LogP contribution in [0, 0.1) is 0 Å². The minimum atomic E-state index is -3.87. The van der Waals surface area contributed by atoms with Crippen LogP contribution in [-0.2, 0) is 32.0 Å². The lowest BCUT2D eigenvalue weighted by Gasteiger charge is -2.35. The summed E-state index contributed by atoms with van der Waals surface area (Å²) in [5.74, 6) is 0.305. The molecule has 27 heavy (non-hydrogen) atoms. The van der Waals surface area contributed by atoms with Crippen molar-refractivity contribution in [1.82, 2.24) is 0 Å². The van der Waals surface area contributed by atoms with Crippen LogP contribution < -0.4 is 0 Å². The molecule has 0 aromatic carbocycles. The van der Waals surface area contributed by atoms with Crippen LogP contribution in [0.25, 0.3) is 0 Å². The Balaban J connectivity index is 6.13. The SMILES string of the molecule is CC(=O)SCCC(P(=O)(OC(C)C)OC(C)C)P(=O)(OC(C)C)OC(C)C. The first-order chi connectivity index (χ1) is 12.2. The van der Waals surface area contributed by atoms with E-state index in [0.29, 0.717) is 5.75 Å². The van der Waals surface area contributed by atoms with Crippen LogP contribution in [0.5, 0.6) is 0 Å². The van der Waals surface area contributed by atoms with Crippen molar-refractivity contribution < 1.29 is 32.0 Å². The number of hydrogen-bond donors (Lipinski definition) is 0. The van der Waals surface area contributed by atoms with Crippen LogP contribution in [-0.4, -0.2) is 40.7 Å². The summed E-state index contributed by atoms with van der Waals surface area (Å²) in [5, 5.41) is -1.20. The molecule has 0 rings (SSSR count). The van der Waals surface area contributed by atoms with Gasteiger partial charge in [0.05, 0.1) is 24.4 Å². The van der Waals surface area contributed by atoms with Crippen molar-refractivity contribution >= 4 is 32.1 Å². The van der Waals surface area contributed by atoms with Gasteiger partial charge in [-0.3, -0.25) is 13.9 Å². The fraction of sp³-hybridized carbons (Fsp3) is 0.941. The van der Waals surface area contributed by atoms with Gasteiger partial charge in [-0.05, 0) is 61.8 Å². The van der Waals surface area contributed by atoms with Crippen LogP contribution >= 0.6 is 27.0 Å². The predicted octanol–water partition coefficient (Wildman–Crippen LogP) is 6.07. The first-order valence-corrected chi connectivity index (χ1v) is 13.5. The van der Waals surface area contributed by atoms with Gasteiger partial charge in [-0.25, -0.2) is 0 Å². The summed E-state index contributed by atoms with van der Waals surface area (Å²) in [6.45, 7) is 15.3. The van der Waals surface area contributed by atoms with Gasteiger partial charge in [-0.2, -0.15) is 0 Å². The summed E-state index contributed by atoms with van der Waals surface area (Å²) >= 11 is 1.06. The monoisotopic (exact) mass is 446 g/mol. The molecule has 0 aliphatic heterocycles. The van der Waals surface area contributed by atoms with Gasteiger partial charge in [0.25, 0.3) is 0 Å². The standard InChI is InChI=1S/C17H36O7P2S/c1-12(2)21-25(19,22-13(3)4)17(10-11-27-16(9)18)26(20,23-14(5)6)24-15(7)8/h12-15,17H,10-11H2,1-9H3. The van der Waals surface area contributed by atoms with E-state index in [1.807, 2.05) is 0 Å². The van der Waals surface area contributed by atoms with Crippen molar-refractivity contribution in [2.45, 2.75) is 98.6 Å². The van der Waals surface area contributed by atoms with Gasteiger partial charge in [0.1, 0.15) is 0 Å². The average molecular weight is 446 g/mol. The molecular formula is C17H36O7P2S. The third-order valence-corrected chi connectivity index (χ3v) is 10.2. The van der Waals surface area contributed by atoms with Gasteiger partial charge in [0.15, 0.2) is 10.5 Å². The first kappa shape index (κ1) is 27.3. The van der Waals surface area contributed by atoms with Crippen molar-refractivity contribution in [1.29, 1.82) is 0 Å². The van der Waals surface area contributed by atoms with Crippen molar-refractivity contribution in [2.24, 2.45) is 0 Å². The van der Waals surface area contributed by atoms with Gasteiger partial charge in [0.2, 0.25) is 0 Å². The highest BCUT2D eigenvalue weighted by Gasteiger charge is 2.52. The summed E-state index contributed by atoms with van der Waals surface area (Å²) < 4.78 is 50.2. The van der Waals surface area contributed by atoms with Crippen molar-refractivity contribution in [3.8, 4) is 0 Å². The lowest BCUT2D eigenvalue weighted by Crippen LogP contribution is -2.24. The third-order valence-electron chi connectivity index (χ3n) is 2.84. The molecule has 0 amide bonds. The normalized spacial score (nSPS) is 13.6. The maximum Gasteiger partial charge on any atom is 0.346 e. The third kappa shape index (κ3) is 10.6. The molecule has 0 N–H and O–H groups in total. The average Bonchev–Trinajstić information content (AvgIpc) is 2.38. The molecule has 0 fully saturated rings. The minimum absolute atomic E-state index is 0.0810. The van der Waals surface area contributed by atoms with Gasteiger partial charge >= 0.3 is 15.2 Å². The number of rotatable bonds is 13. The molecule has 0 aromatic rings. The lowest BCUT2D eigenvalue weighted by molar-refractivity contribution is -0.109. The van der Waals surface area contributed by atoms with Gasteiger partial charge in [0, 0.05) is 12.7 Å². The van der Waals surface area contributed by atoms with Crippen LogP contribution in [0.3, 0.4) is 0 Å². The molecule has 0 saturated heterocycles. The zero-order valence-electron chi connectivity index (χ0n) is 18.0. The van der Waals surface area contributed by atoms with Crippen molar-refractivity contribution in [2.75, 3.05) is 5.75 Å². The Morgan fingerprint density at radius 2 is 1.04 bits per heavy atom. The maximum absolute atomic E-state index is 13.7. The zero-order chi connectivity index (χ0) is 21.4. The van der Waals surface area contributed by atoms with Crippen molar-refractivity contribution in [3.63, 3.8) is 0 Å². The molecule has 0 heterocycles. The second-order valence-corrected chi connectivity index (χ2v) is 13.2. The van der Waals surface area contributed by atoms with E-state index in [9.17, 15) is 13.9 Å². The quantitative estimate of drug-likeness (QED) is 0.315. The van der Waals surface area contributed by atoms with Gasteiger partial charge in [-0.15, -0.1) is 0 Å². The molecule has 162 valence electrons. The molecule has 7 nitrogen and oxygen atoms in total. The fourth-order valence-corrected chi connectivity index (χ4v) is 9.24. The Kier molecular flexibility index (Phi) is 12.3. The summed E-state index contributed by atoms with van der Waals surface area (Å²) in [5.41, 5.74) is 0. The number of carbonyl (C=O) groups is 1. The highest BCUT2D eigenvalue weighted by Crippen LogP contribution is 2.73. The van der Waals surface area contributed by atoms with Gasteiger partial charge in [-0.1, -0.05) is 11.8 Å². The van der Waals surface area contributed by atoms with E-state index < -0.39 is 45.0 Å². The predicted molar refractivity (Wildman–Crippen MR) is 112 cm³/mol. The molecule has 0 bridgehead atoms. The Morgan fingerprint density at radius 1 is 0.741 bits per heavy atom. The molecule has 0 spiro atoms. The maximum atomic E-state index is 13.7. The van der Waals surface area contributed by atoms with E-state index in [2.05, 4.69) is 0 Å². The molecule has 0 aromatic heterocycles. The number of carbonyl (C=O) groups excluding carboxylic acids is 1. The molecule has 0 radical (unpaired) electrons. The van der Waals surface area contributed by atoms with E-state index in [0.717, 1.165) is 11.8 Å². The van der Waals surface area contributed by atoms with Crippen LogP contribution in [0.4, 0.5) is 0 Å². The fourth-order valence-electron chi connectivity index (χ4n) is 2.30. The van der Waals surface area contributed by atoms with E-state index >= 15 is 0 Å². The molecular weight excluding hydrogens is 410 g/mol. The second-order valence-electron chi connectivity index (χ2n) is 7.31. The Bertz CT molecular complexity index is 483. The minimum Gasteiger partial charge on any atom is -0.305 e. The lowest BCUT2D eigenvalue weighted by atomic mass is 10.5. The summed E-state index contributed by atoms with van der Waals surface area (Å²) in [4.78, 5) is 11.3. The molecule has 0 saturated carbocycles. The van der Waals surface area contributed by atoms with Gasteiger partial charge < -0.3 is 18.1 Å². The topological polar surface area (TPSA) is 88.1 Å². The van der Waals surface area contributed by atoms with E-state index in [4.69, 9.17) is 18.1 Å². The molecule has 0 aliphatic carbocycles. The Hall–Kier alpha value is 0.320. The van der Waals surface area contributed by atoms with Crippen LogP contribution in [0.1, 0.15) is 68.7 Å². The second kappa shape index (κ2) is 12.1. The highest BCUT2D eigenvalue weighted by molar-refractivity contribution is 8.13. The van der Waals surface area contributed by atoms with E-state index in [1.54, 1.807) is 55.4 Å².